The van der Waals surface area contributed by atoms with Gasteiger partial charge in [0.25, 0.3) is 0 Å². The number of halogens is 2. The molecule has 0 aromatic heterocycles. The summed E-state index contributed by atoms with van der Waals surface area (Å²) in [5.74, 6) is -0.371. The fourth-order valence-corrected chi connectivity index (χ4v) is 3.62. The summed E-state index contributed by atoms with van der Waals surface area (Å²) in [6, 6.07) is 23.0. The topological polar surface area (TPSA) is 49.4 Å². The maximum Gasteiger partial charge on any atom is 0.247 e. The van der Waals surface area contributed by atoms with Crippen LogP contribution in [0, 0.1) is 0 Å². The summed E-state index contributed by atoms with van der Waals surface area (Å²) in [5.41, 5.74) is 2.48. The summed E-state index contributed by atoms with van der Waals surface area (Å²) < 4.78 is 0. The van der Waals surface area contributed by atoms with Gasteiger partial charge in [-0.25, -0.2) is 0 Å². The van der Waals surface area contributed by atoms with E-state index < -0.39 is 6.04 Å². The minimum atomic E-state index is -0.753. The van der Waals surface area contributed by atoms with Gasteiger partial charge in [-0.3, -0.25) is 9.59 Å². The molecule has 0 aliphatic heterocycles. The molecule has 2 amide bonds. The molecule has 0 aliphatic rings. The normalized spacial score (nSPS) is 11.6. The fourth-order valence-electron chi connectivity index (χ4n) is 3.37. The number of amides is 2. The summed E-state index contributed by atoms with van der Waals surface area (Å²) in [5, 5.41) is 4.10. The van der Waals surface area contributed by atoms with Crippen molar-refractivity contribution in [3.8, 4) is 0 Å². The number of nitrogens with zero attached hydrogens (tertiary/aromatic N) is 1. The predicted molar refractivity (Wildman–Crippen MR) is 125 cm³/mol. The summed E-state index contributed by atoms with van der Waals surface area (Å²) in [6.07, 6.45) is 0.160. The molecule has 3 aromatic rings. The Morgan fingerprint density at radius 1 is 0.839 bits per heavy atom. The van der Waals surface area contributed by atoms with Gasteiger partial charge in [0.1, 0.15) is 6.04 Å². The Kier molecular flexibility index (Phi) is 8.10. The Labute approximate surface area is 192 Å². The fraction of sp³-hybridized carbons (Fsp3) is 0.200. The van der Waals surface area contributed by atoms with Crippen molar-refractivity contribution in [3.63, 3.8) is 0 Å². The molecular weight excluding hydrogens is 431 g/mol. The Hall–Kier alpha value is -2.82. The van der Waals surface area contributed by atoms with Crippen LogP contribution in [-0.2, 0) is 22.6 Å². The van der Waals surface area contributed by atoms with E-state index in [1.165, 1.54) is 0 Å². The molecule has 0 heterocycles. The first-order valence-electron chi connectivity index (χ1n) is 10.1. The second-order valence-corrected chi connectivity index (χ2v) is 8.03. The summed E-state index contributed by atoms with van der Waals surface area (Å²) in [7, 11) is 0. The quantitative estimate of drug-likeness (QED) is 0.492. The van der Waals surface area contributed by atoms with Gasteiger partial charge in [-0.1, -0.05) is 77.8 Å². The molecule has 31 heavy (non-hydrogen) atoms. The highest BCUT2D eigenvalue weighted by Crippen LogP contribution is 2.25. The van der Waals surface area contributed by atoms with Crippen LogP contribution < -0.4 is 5.32 Å². The number of rotatable bonds is 8. The Bertz CT molecular complexity index is 1010. The van der Waals surface area contributed by atoms with Gasteiger partial charge >= 0.3 is 0 Å². The molecule has 1 atom stereocenters. The zero-order chi connectivity index (χ0) is 22.2. The van der Waals surface area contributed by atoms with Crippen LogP contribution in [0.5, 0.6) is 0 Å². The molecule has 3 aromatic carbocycles. The van der Waals surface area contributed by atoms with Crippen LogP contribution in [0.1, 0.15) is 29.7 Å². The molecule has 0 spiro atoms. The average molecular weight is 455 g/mol. The van der Waals surface area contributed by atoms with Crippen molar-refractivity contribution >= 4 is 35.0 Å². The van der Waals surface area contributed by atoms with Crippen LogP contribution in [0.2, 0.25) is 10.0 Å². The van der Waals surface area contributed by atoms with E-state index in [2.05, 4.69) is 5.32 Å². The predicted octanol–water partition coefficient (Wildman–Crippen LogP) is 5.44. The van der Waals surface area contributed by atoms with E-state index in [-0.39, 0.29) is 24.8 Å². The van der Waals surface area contributed by atoms with Crippen LogP contribution in [0.3, 0.4) is 0 Å². The molecule has 0 aliphatic carbocycles. The summed E-state index contributed by atoms with van der Waals surface area (Å²) in [6.45, 7) is 2.61. The second kappa shape index (κ2) is 11.0. The molecule has 3 rings (SSSR count). The summed E-state index contributed by atoms with van der Waals surface area (Å²) in [4.78, 5) is 28.2. The third kappa shape index (κ3) is 6.33. The Morgan fingerprint density at radius 2 is 1.39 bits per heavy atom. The van der Waals surface area contributed by atoms with Gasteiger partial charge < -0.3 is 10.2 Å². The van der Waals surface area contributed by atoms with Crippen LogP contribution in [0.15, 0.2) is 78.9 Å². The molecule has 0 fully saturated rings. The largest absolute Gasteiger partial charge is 0.354 e. The van der Waals surface area contributed by atoms with Gasteiger partial charge in [0.15, 0.2) is 0 Å². The first-order chi connectivity index (χ1) is 15.0. The molecule has 1 N–H and O–H groups in total. The summed E-state index contributed by atoms with van der Waals surface area (Å²) >= 11 is 12.0. The minimum Gasteiger partial charge on any atom is -0.354 e. The first kappa shape index (κ1) is 22.9. The molecular formula is C25H24Cl2N2O2. The number of benzene rings is 3. The lowest BCUT2D eigenvalue weighted by atomic mass is 10.0. The van der Waals surface area contributed by atoms with E-state index in [0.717, 1.165) is 16.7 Å². The Balaban J connectivity index is 1.98. The minimum absolute atomic E-state index is 0.155. The van der Waals surface area contributed by atoms with Crippen molar-refractivity contribution in [2.45, 2.75) is 25.9 Å². The van der Waals surface area contributed by atoms with Crippen molar-refractivity contribution < 1.29 is 9.59 Å². The van der Waals surface area contributed by atoms with E-state index in [0.29, 0.717) is 16.6 Å². The highest BCUT2D eigenvalue weighted by atomic mass is 35.5. The van der Waals surface area contributed by atoms with E-state index in [9.17, 15) is 9.59 Å². The van der Waals surface area contributed by atoms with E-state index in [1.807, 2.05) is 61.5 Å². The smallest absolute Gasteiger partial charge is 0.247 e. The second-order valence-electron chi connectivity index (χ2n) is 7.16. The van der Waals surface area contributed by atoms with Crippen LogP contribution >= 0.6 is 23.2 Å². The number of nitrogens with one attached hydrogen (secondary N) is 1. The van der Waals surface area contributed by atoms with Gasteiger partial charge in [0.05, 0.1) is 6.42 Å². The highest BCUT2D eigenvalue weighted by molar-refractivity contribution is 6.30. The SMILES string of the molecule is CCNC(=O)C(c1ccccc1)N(Cc1ccc(Cl)cc1)C(=O)Cc1ccc(Cl)cc1. The molecule has 0 saturated carbocycles. The molecule has 6 heteroatoms. The lowest BCUT2D eigenvalue weighted by Gasteiger charge is -2.31. The van der Waals surface area contributed by atoms with Gasteiger partial charge in [-0.05, 0) is 47.9 Å². The molecule has 1 unspecified atom stereocenters. The molecule has 160 valence electrons. The van der Waals surface area contributed by atoms with Gasteiger partial charge in [0, 0.05) is 23.1 Å². The van der Waals surface area contributed by atoms with Crippen molar-refractivity contribution in [1.29, 1.82) is 0 Å². The number of carbonyl (C=O) groups is 2. The number of hydrogen-bond donors (Lipinski definition) is 1. The molecule has 0 saturated heterocycles. The van der Waals surface area contributed by atoms with Gasteiger partial charge in [0.2, 0.25) is 11.8 Å². The van der Waals surface area contributed by atoms with Crippen molar-refractivity contribution in [2.75, 3.05) is 6.54 Å². The standard InChI is InChI=1S/C25H24Cl2N2O2/c1-2-28-25(31)24(20-6-4-3-5-7-20)29(17-19-10-14-22(27)15-11-19)23(30)16-18-8-12-21(26)13-9-18/h3-15,24H,2,16-17H2,1H3,(H,28,31). The van der Waals surface area contributed by atoms with Crippen molar-refractivity contribution in [1.82, 2.24) is 10.2 Å². The van der Waals surface area contributed by atoms with E-state index in [1.54, 1.807) is 29.2 Å². The van der Waals surface area contributed by atoms with Gasteiger partial charge in [-0.15, -0.1) is 0 Å². The average Bonchev–Trinajstić information content (AvgIpc) is 2.77. The maximum absolute atomic E-state index is 13.5. The van der Waals surface area contributed by atoms with Crippen LogP contribution in [0.4, 0.5) is 0 Å². The molecule has 0 bridgehead atoms. The zero-order valence-electron chi connectivity index (χ0n) is 17.2. The van der Waals surface area contributed by atoms with Crippen molar-refractivity contribution in [3.05, 3.63) is 106 Å². The number of hydrogen-bond acceptors (Lipinski definition) is 2. The number of likely N-dealkylation sites (N-methyl/N-ethyl adjacent to an activating group) is 1. The molecule has 0 radical (unpaired) electrons. The van der Waals surface area contributed by atoms with Gasteiger partial charge in [-0.2, -0.15) is 0 Å². The lowest BCUT2D eigenvalue weighted by molar-refractivity contribution is -0.141. The van der Waals surface area contributed by atoms with Crippen LogP contribution in [-0.4, -0.2) is 23.3 Å². The van der Waals surface area contributed by atoms with E-state index in [4.69, 9.17) is 23.2 Å². The van der Waals surface area contributed by atoms with Crippen LogP contribution in [0.25, 0.3) is 0 Å². The molecule has 4 nitrogen and oxygen atoms in total. The highest BCUT2D eigenvalue weighted by Gasteiger charge is 2.31. The van der Waals surface area contributed by atoms with Crippen molar-refractivity contribution in [2.24, 2.45) is 0 Å². The third-order valence-corrected chi connectivity index (χ3v) is 5.39. The monoisotopic (exact) mass is 454 g/mol. The third-order valence-electron chi connectivity index (χ3n) is 4.88. The first-order valence-corrected chi connectivity index (χ1v) is 10.8. The number of carbonyl (C=O) groups excluding carboxylic acids is 2. The van der Waals surface area contributed by atoms with E-state index >= 15 is 0 Å². The Morgan fingerprint density at radius 3 is 1.94 bits per heavy atom. The lowest BCUT2D eigenvalue weighted by Crippen LogP contribution is -2.44. The maximum atomic E-state index is 13.5. The zero-order valence-corrected chi connectivity index (χ0v) is 18.7.